The molecule has 1 saturated heterocycles. The van der Waals surface area contributed by atoms with E-state index in [1.54, 1.807) is 48.2 Å². The zero-order chi connectivity index (χ0) is 23.6. The van der Waals surface area contributed by atoms with Crippen LogP contribution in [-0.2, 0) is 12.8 Å². The van der Waals surface area contributed by atoms with E-state index in [2.05, 4.69) is 4.98 Å². The second-order valence-corrected chi connectivity index (χ2v) is 9.27. The van der Waals surface area contributed by atoms with Crippen molar-refractivity contribution in [1.29, 1.82) is 0 Å². The topological polar surface area (TPSA) is 42.4 Å². The number of thioether (sulfide) groups is 1. The van der Waals surface area contributed by atoms with E-state index in [1.807, 2.05) is 17.0 Å². The number of alkyl halides is 3. The Labute approximate surface area is 202 Å². The summed E-state index contributed by atoms with van der Waals surface area (Å²) in [6, 6.07) is 14.9. The molecule has 0 N–H and O–H groups in total. The van der Waals surface area contributed by atoms with E-state index in [0.29, 0.717) is 22.9 Å². The number of carbonyl (C=O) groups is 1. The van der Waals surface area contributed by atoms with Crippen molar-refractivity contribution in [1.82, 2.24) is 9.88 Å². The lowest BCUT2D eigenvalue weighted by Crippen LogP contribution is -2.30. The Morgan fingerprint density at radius 1 is 1.12 bits per heavy atom. The van der Waals surface area contributed by atoms with E-state index in [1.165, 1.54) is 0 Å². The third kappa shape index (κ3) is 5.57. The number of hydrogen-bond acceptors (Lipinski definition) is 4. The average Bonchev–Trinajstić information content (AvgIpc) is 3.28. The Bertz CT molecular complexity index is 1140. The van der Waals surface area contributed by atoms with E-state index in [4.69, 9.17) is 27.9 Å². The normalized spacial score (nSPS) is 16.2. The lowest BCUT2D eigenvalue weighted by molar-refractivity contribution is -0.137. The van der Waals surface area contributed by atoms with Gasteiger partial charge >= 0.3 is 6.18 Å². The molecule has 1 amide bonds. The Morgan fingerprint density at radius 2 is 1.82 bits per heavy atom. The Hall–Kier alpha value is -2.42. The van der Waals surface area contributed by atoms with Crippen LogP contribution in [0.15, 0.2) is 60.8 Å². The summed E-state index contributed by atoms with van der Waals surface area (Å²) >= 11 is 13.5. The SMILES string of the molecule is O=C(c1ccc(Cl)cc1)N1CCS[C@@H]1c1ccc(OCc2ncc(C(F)(F)F)cc2Cl)cc1. The van der Waals surface area contributed by atoms with Crippen molar-refractivity contribution in [2.75, 3.05) is 12.3 Å². The maximum absolute atomic E-state index is 12.9. The molecule has 0 aliphatic carbocycles. The number of ether oxygens (including phenoxy) is 1. The predicted octanol–water partition coefficient (Wildman–Crippen LogP) is 6.87. The number of amides is 1. The van der Waals surface area contributed by atoms with Crippen LogP contribution in [-0.4, -0.2) is 28.1 Å². The van der Waals surface area contributed by atoms with Crippen molar-refractivity contribution < 1.29 is 22.7 Å². The van der Waals surface area contributed by atoms with Gasteiger partial charge in [0.25, 0.3) is 5.91 Å². The molecule has 4 nitrogen and oxygen atoms in total. The van der Waals surface area contributed by atoms with Crippen LogP contribution >= 0.6 is 35.0 Å². The summed E-state index contributed by atoms with van der Waals surface area (Å²) in [5, 5.41) is 0.329. The molecule has 0 saturated carbocycles. The van der Waals surface area contributed by atoms with Crippen LogP contribution in [0.4, 0.5) is 13.2 Å². The van der Waals surface area contributed by atoms with E-state index < -0.39 is 11.7 Å². The van der Waals surface area contributed by atoms with Gasteiger partial charge in [-0.3, -0.25) is 9.78 Å². The first kappa shape index (κ1) is 23.7. The van der Waals surface area contributed by atoms with Gasteiger partial charge in [-0.2, -0.15) is 13.2 Å². The molecular weight excluding hydrogens is 496 g/mol. The van der Waals surface area contributed by atoms with E-state index >= 15 is 0 Å². The number of pyridine rings is 1. The van der Waals surface area contributed by atoms with Gasteiger partial charge in [-0.05, 0) is 48.0 Å². The minimum atomic E-state index is -4.51. The monoisotopic (exact) mass is 512 g/mol. The van der Waals surface area contributed by atoms with Crippen molar-refractivity contribution in [3.05, 3.63) is 93.2 Å². The van der Waals surface area contributed by atoms with Crippen molar-refractivity contribution in [3.8, 4) is 5.75 Å². The smallest absolute Gasteiger partial charge is 0.417 e. The Balaban J connectivity index is 1.41. The largest absolute Gasteiger partial charge is 0.487 e. The molecule has 1 aliphatic heterocycles. The number of aromatic nitrogens is 1. The van der Waals surface area contributed by atoms with E-state index in [9.17, 15) is 18.0 Å². The van der Waals surface area contributed by atoms with Gasteiger partial charge < -0.3 is 9.64 Å². The molecule has 2 aromatic carbocycles. The van der Waals surface area contributed by atoms with Gasteiger partial charge in [0.2, 0.25) is 0 Å². The van der Waals surface area contributed by atoms with Crippen LogP contribution in [0.3, 0.4) is 0 Å². The Kier molecular flexibility index (Phi) is 7.07. The lowest BCUT2D eigenvalue weighted by atomic mass is 10.1. The molecule has 0 unspecified atom stereocenters. The van der Waals surface area contributed by atoms with Crippen LogP contribution < -0.4 is 4.74 Å². The molecule has 1 aromatic heterocycles. The minimum absolute atomic E-state index is 0.0648. The highest BCUT2D eigenvalue weighted by Gasteiger charge is 2.32. The van der Waals surface area contributed by atoms with Crippen molar-refractivity contribution in [2.24, 2.45) is 0 Å². The molecule has 4 rings (SSSR count). The summed E-state index contributed by atoms with van der Waals surface area (Å²) in [4.78, 5) is 18.5. The maximum Gasteiger partial charge on any atom is 0.417 e. The molecule has 33 heavy (non-hydrogen) atoms. The lowest BCUT2D eigenvalue weighted by Gasteiger charge is -2.24. The molecule has 10 heteroatoms. The van der Waals surface area contributed by atoms with E-state index in [-0.39, 0.29) is 28.6 Å². The number of benzene rings is 2. The third-order valence-electron chi connectivity index (χ3n) is 5.03. The number of nitrogens with zero attached hydrogens (tertiary/aromatic N) is 2. The zero-order valence-electron chi connectivity index (χ0n) is 17.0. The molecule has 0 spiro atoms. The molecule has 172 valence electrons. The minimum Gasteiger partial charge on any atom is -0.487 e. The summed E-state index contributed by atoms with van der Waals surface area (Å²) in [5.74, 6) is 1.26. The average molecular weight is 513 g/mol. The molecular formula is C23H17Cl2F3N2O2S. The molecule has 0 radical (unpaired) electrons. The molecule has 3 aromatic rings. The van der Waals surface area contributed by atoms with Crippen LogP contribution in [0.2, 0.25) is 10.0 Å². The first-order chi connectivity index (χ1) is 15.7. The molecule has 2 heterocycles. The highest BCUT2D eigenvalue weighted by molar-refractivity contribution is 7.99. The second kappa shape index (κ2) is 9.83. The molecule has 0 bridgehead atoms. The second-order valence-electron chi connectivity index (χ2n) is 7.24. The van der Waals surface area contributed by atoms with Crippen molar-refractivity contribution in [2.45, 2.75) is 18.2 Å². The number of halogens is 5. The number of rotatable bonds is 5. The predicted molar refractivity (Wildman–Crippen MR) is 123 cm³/mol. The van der Waals surface area contributed by atoms with Crippen LogP contribution in [0.5, 0.6) is 5.75 Å². The van der Waals surface area contributed by atoms with Gasteiger partial charge in [0.15, 0.2) is 0 Å². The maximum atomic E-state index is 12.9. The van der Waals surface area contributed by atoms with Gasteiger partial charge in [0.05, 0.1) is 16.3 Å². The summed E-state index contributed by atoms with van der Waals surface area (Å²) in [5.41, 5.74) is 0.817. The standard InChI is InChI=1S/C23H17Cl2F3N2O2S/c24-17-5-1-14(2-6-17)21(31)30-9-10-33-22(30)15-3-7-18(8-4-15)32-13-20-19(25)11-16(12-29-20)23(26,27)28/h1-8,11-12,22H,9-10,13H2/t22-/m1/s1. The van der Waals surface area contributed by atoms with Crippen LogP contribution in [0, 0.1) is 0 Å². The van der Waals surface area contributed by atoms with E-state index in [0.717, 1.165) is 23.6 Å². The quantitative estimate of drug-likeness (QED) is 0.373. The first-order valence-corrected chi connectivity index (χ1v) is 11.7. The fourth-order valence-corrected chi connectivity index (χ4v) is 4.92. The third-order valence-corrected chi connectivity index (χ3v) is 6.87. The summed E-state index contributed by atoms with van der Waals surface area (Å²) in [6.45, 7) is 0.558. The van der Waals surface area contributed by atoms with Gasteiger partial charge in [-0.25, -0.2) is 0 Å². The van der Waals surface area contributed by atoms with Crippen molar-refractivity contribution >= 4 is 40.9 Å². The van der Waals surface area contributed by atoms with Crippen LogP contribution in [0.1, 0.15) is 32.6 Å². The fourth-order valence-electron chi connectivity index (χ4n) is 3.32. The highest BCUT2D eigenvalue weighted by atomic mass is 35.5. The van der Waals surface area contributed by atoms with Crippen molar-refractivity contribution in [3.63, 3.8) is 0 Å². The molecule has 1 aliphatic rings. The van der Waals surface area contributed by atoms with Gasteiger partial charge in [0, 0.05) is 29.1 Å². The highest BCUT2D eigenvalue weighted by Crippen LogP contribution is 2.39. The summed E-state index contributed by atoms with van der Waals surface area (Å²) in [7, 11) is 0. The van der Waals surface area contributed by atoms with Gasteiger partial charge in [-0.1, -0.05) is 35.3 Å². The Morgan fingerprint density at radius 3 is 2.45 bits per heavy atom. The molecule has 1 atom stereocenters. The number of carbonyl (C=O) groups excluding carboxylic acids is 1. The van der Waals surface area contributed by atoms with Gasteiger partial charge in [0.1, 0.15) is 17.7 Å². The summed E-state index contributed by atoms with van der Waals surface area (Å²) in [6.07, 6.45) is -3.77. The zero-order valence-corrected chi connectivity index (χ0v) is 19.3. The molecule has 1 fully saturated rings. The first-order valence-electron chi connectivity index (χ1n) is 9.85. The van der Waals surface area contributed by atoms with Crippen LogP contribution in [0.25, 0.3) is 0 Å². The van der Waals surface area contributed by atoms with Gasteiger partial charge in [-0.15, -0.1) is 11.8 Å². The fraction of sp³-hybridized carbons (Fsp3) is 0.217. The number of hydrogen-bond donors (Lipinski definition) is 0. The summed E-state index contributed by atoms with van der Waals surface area (Å²) < 4.78 is 43.9.